The highest BCUT2D eigenvalue weighted by Crippen LogP contribution is 2.06. The third kappa shape index (κ3) is 12.7. The van der Waals surface area contributed by atoms with Crippen molar-refractivity contribution in [2.75, 3.05) is 13.2 Å². The zero-order valence-corrected chi connectivity index (χ0v) is 19.2. The van der Waals surface area contributed by atoms with E-state index in [2.05, 4.69) is 16.0 Å². The Morgan fingerprint density at radius 2 is 1.39 bits per heavy atom. The number of hydrogen-bond acceptors (Lipinski definition) is 8. The second-order valence-corrected chi connectivity index (χ2v) is 8.23. The van der Waals surface area contributed by atoms with Gasteiger partial charge in [-0.25, -0.2) is 4.79 Å². The fraction of sp³-hybridized carbons (Fsp3) is 0.750. The van der Waals surface area contributed by atoms with Gasteiger partial charge in [0, 0.05) is 6.42 Å². The molecule has 0 aliphatic rings. The highest BCUT2D eigenvalue weighted by atomic mass is 16.4. The average molecular weight is 475 g/mol. The molecular formula is C20H38N6O7. The first-order chi connectivity index (χ1) is 15.4. The maximum Gasteiger partial charge on any atom is 0.326 e. The van der Waals surface area contributed by atoms with E-state index in [0.29, 0.717) is 25.8 Å². The minimum atomic E-state index is -1.48. The van der Waals surface area contributed by atoms with Gasteiger partial charge >= 0.3 is 5.97 Å². The lowest BCUT2D eigenvalue weighted by Crippen LogP contribution is -2.58. The molecule has 0 saturated carbocycles. The molecule has 0 radical (unpaired) electrons. The van der Waals surface area contributed by atoms with E-state index in [4.69, 9.17) is 17.2 Å². The van der Waals surface area contributed by atoms with Gasteiger partial charge in [-0.2, -0.15) is 0 Å². The molecule has 0 aromatic heterocycles. The summed E-state index contributed by atoms with van der Waals surface area (Å²) in [5.74, 6) is -4.24. The van der Waals surface area contributed by atoms with Gasteiger partial charge < -0.3 is 43.4 Å². The van der Waals surface area contributed by atoms with Gasteiger partial charge in [0.05, 0.1) is 12.6 Å². The third-order valence-corrected chi connectivity index (χ3v) is 4.75. The summed E-state index contributed by atoms with van der Waals surface area (Å²) in [5, 5.41) is 25.8. The number of aliphatic hydroxyl groups excluding tert-OH is 1. The van der Waals surface area contributed by atoms with E-state index in [1.165, 1.54) is 0 Å². The average Bonchev–Trinajstić information content (AvgIpc) is 2.72. The highest BCUT2D eigenvalue weighted by molar-refractivity contribution is 5.94. The van der Waals surface area contributed by atoms with Gasteiger partial charge in [0.25, 0.3) is 0 Å². The molecule has 0 bridgehead atoms. The Bertz CT molecular complexity index is 673. The number of carboxylic acid groups (broad SMARTS) is 1. The van der Waals surface area contributed by atoms with Crippen LogP contribution < -0.4 is 33.2 Å². The van der Waals surface area contributed by atoms with Crippen LogP contribution in [0.1, 0.15) is 52.4 Å². The van der Waals surface area contributed by atoms with Crippen molar-refractivity contribution in [2.45, 2.75) is 76.5 Å². The molecule has 33 heavy (non-hydrogen) atoms. The van der Waals surface area contributed by atoms with Crippen LogP contribution in [0.25, 0.3) is 0 Å². The molecule has 13 heteroatoms. The number of nitrogens with two attached hydrogens (primary N) is 3. The summed E-state index contributed by atoms with van der Waals surface area (Å²) in [6, 6.07) is -4.85. The van der Waals surface area contributed by atoms with Gasteiger partial charge in [0.15, 0.2) is 0 Å². The Hall–Kier alpha value is -2.77. The fourth-order valence-corrected chi connectivity index (χ4v) is 2.94. The maximum atomic E-state index is 12.7. The number of aliphatic carboxylic acids is 1. The van der Waals surface area contributed by atoms with Crippen LogP contribution in [0.2, 0.25) is 0 Å². The molecule has 0 aromatic rings. The summed E-state index contributed by atoms with van der Waals surface area (Å²) in [4.78, 5) is 60.0. The zero-order valence-electron chi connectivity index (χ0n) is 19.2. The second-order valence-electron chi connectivity index (χ2n) is 8.23. The van der Waals surface area contributed by atoms with Gasteiger partial charge in [-0.05, 0) is 44.6 Å². The predicted molar refractivity (Wildman–Crippen MR) is 119 cm³/mol. The summed E-state index contributed by atoms with van der Waals surface area (Å²) in [7, 11) is 0. The third-order valence-electron chi connectivity index (χ3n) is 4.75. The summed E-state index contributed by atoms with van der Waals surface area (Å²) in [5.41, 5.74) is 16.3. The molecule has 0 aliphatic carbocycles. The molecule has 4 amide bonds. The van der Waals surface area contributed by atoms with Crippen LogP contribution in [0.3, 0.4) is 0 Å². The van der Waals surface area contributed by atoms with E-state index in [1.54, 1.807) is 0 Å². The minimum absolute atomic E-state index is 0.120. The van der Waals surface area contributed by atoms with Crippen LogP contribution in [0.15, 0.2) is 0 Å². The van der Waals surface area contributed by atoms with Gasteiger partial charge in [0.2, 0.25) is 23.6 Å². The summed E-state index contributed by atoms with van der Waals surface area (Å²) >= 11 is 0. The number of amides is 4. The Kier molecular flexibility index (Phi) is 14.6. The molecule has 0 spiro atoms. The number of aliphatic hydroxyl groups is 1. The molecule has 0 aliphatic heterocycles. The topological polar surface area (TPSA) is 240 Å². The Morgan fingerprint density at radius 1 is 0.848 bits per heavy atom. The van der Waals surface area contributed by atoms with Crippen molar-refractivity contribution in [2.24, 2.45) is 23.1 Å². The lowest BCUT2D eigenvalue weighted by Gasteiger charge is -2.24. The molecule has 0 aromatic carbocycles. The molecule has 190 valence electrons. The minimum Gasteiger partial charge on any atom is -0.480 e. The van der Waals surface area contributed by atoms with Gasteiger partial charge in [-0.3, -0.25) is 19.2 Å². The number of hydrogen-bond donors (Lipinski definition) is 8. The van der Waals surface area contributed by atoms with E-state index in [9.17, 15) is 34.2 Å². The number of carboxylic acids is 1. The number of nitrogens with one attached hydrogen (secondary N) is 3. The van der Waals surface area contributed by atoms with Crippen LogP contribution in [0, 0.1) is 5.92 Å². The molecule has 0 rings (SSSR count). The summed E-state index contributed by atoms with van der Waals surface area (Å²) < 4.78 is 0. The monoisotopic (exact) mass is 474 g/mol. The zero-order chi connectivity index (χ0) is 25.6. The maximum absolute atomic E-state index is 12.7. The first kappa shape index (κ1) is 30.2. The lowest BCUT2D eigenvalue weighted by molar-refractivity contribution is -0.142. The quantitative estimate of drug-likeness (QED) is 0.102. The number of unbranched alkanes of at least 4 members (excludes halogenated alkanes) is 1. The molecule has 13 nitrogen and oxygen atoms in total. The van der Waals surface area contributed by atoms with Gasteiger partial charge in [0.1, 0.15) is 18.1 Å². The van der Waals surface area contributed by atoms with Crippen molar-refractivity contribution < 1.29 is 34.2 Å². The van der Waals surface area contributed by atoms with Crippen molar-refractivity contribution >= 4 is 29.6 Å². The van der Waals surface area contributed by atoms with Crippen LogP contribution in [-0.2, 0) is 24.0 Å². The van der Waals surface area contributed by atoms with E-state index < -0.39 is 60.4 Å². The first-order valence-electron chi connectivity index (χ1n) is 10.9. The van der Waals surface area contributed by atoms with Crippen molar-refractivity contribution in [1.29, 1.82) is 0 Å². The molecule has 4 unspecified atom stereocenters. The van der Waals surface area contributed by atoms with Gasteiger partial charge in [-0.1, -0.05) is 13.8 Å². The standard InChI is InChI=1S/C20H38N6O7/c1-11(2)9-12(22)17(29)24-13(6-7-16(23)28)18(30)26-15(10-27)19(31)25-14(20(32)33)5-3-4-8-21/h11-15,27H,3-10,21-22H2,1-2H3,(H2,23,28)(H,24,29)(H,25,31)(H,26,30)(H,32,33). The largest absolute Gasteiger partial charge is 0.480 e. The molecule has 0 saturated heterocycles. The van der Waals surface area contributed by atoms with Crippen molar-refractivity contribution in [1.82, 2.24) is 16.0 Å². The summed E-state index contributed by atoms with van der Waals surface area (Å²) in [6.07, 6.45) is 1.13. The van der Waals surface area contributed by atoms with E-state index in [0.717, 1.165) is 0 Å². The molecule has 0 fully saturated rings. The number of primary amides is 1. The molecule has 11 N–H and O–H groups in total. The van der Waals surface area contributed by atoms with Crippen LogP contribution in [0.4, 0.5) is 0 Å². The van der Waals surface area contributed by atoms with E-state index in [-0.39, 0.29) is 25.2 Å². The van der Waals surface area contributed by atoms with Gasteiger partial charge in [-0.15, -0.1) is 0 Å². The Labute approximate surface area is 193 Å². The fourth-order valence-electron chi connectivity index (χ4n) is 2.94. The van der Waals surface area contributed by atoms with Crippen LogP contribution in [-0.4, -0.2) is 77.1 Å². The normalized spacial score (nSPS) is 14.6. The Morgan fingerprint density at radius 3 is 1.88 bits per heavy atom. The van der Waals surface area contributed by atoms with E-state index >= 15 is 0 Å². The lowest BCUT2D eigenvalue weighted by atomic mass is 10.0. The van der Waals surface area contributed by atoms with Crippen LogP contribution >= 0.6 is 0 Å². The highest BCUT2D eigenvalue weighted by Gasteiger charge is 2.30. The molecule has 0 heterocycles. The number of carbonyl (C=O) groups excluding carboxylic acids is 4. The SMILES string of the molecule is CC(C)CC(N)C(=O)NC(CCC(N)=O)C(=O)NC(CO)C(=O)NC(CCCCN)C(=O)O. The second kappa shape index (κ2) is 15.9. The predicted octanol–water partition coefficient (Wildman–Crippen LogP) is -2.71. The smallest absolute Gasteiger partial charge is 0.326 e. The first-order valence-corrected chi connectivity index (χ1v) is 10.9. The van der Waals surface area contributed by atoms with Crippen LogP contribution in [0.5, 0.6) is 0 Å². The Balaban J connectivity index is 5.24. The van der Waals surface area contributed by atoms with E-state index in [1.807, 2.05) is 13.8 Å². The van der Waals surface area contributed by atoms with Crippen molar-refractivity contribution in [3.05, 3.63) is 0 Å². The van der Waals surface area contributed by atoms with Crippen molar-refractivity contribution in [3.63, 3.8) is 0 Å². The number of carbonyl (C=O) groups is 5. The number of rotatable bonds is 17. The molecular weight excluding hydrogens is 436 g/mol. The van der Waals surface area contributed by atoms with Crippen molar-refractivity contribution in [3.8, 4) is 0 Å². The molecule has 4 atom stereocenters. The summed E-state index contributed by atoms with van der Waals surface area (Å²) in [6.45, 7) is 3.29.